The number of carboxylic acid groups (broad SMARTS) is 1. The van der Waals surface area contributed by atoms with Gasteiger partial charge in [-0.05, 0) is 43.9 Å². The third kappa shape index (κ3) is 8.84. The van der Waals surface area contributed by atoms with Crippen LogP contribution in [0.4, 0.5) is 0 Å². The monoisotopic (exact) mass is 340 g/mol. The van der Waals surface area contributed by atoms with Crippen LogP contribution in [0.25, 0.3) is 0 Å². The quantitative estimate of drug-likeness (QED) is 0.345. The molecule has 140 valence electrons. The number of hydrogen-bond donors (Lipinski definition) is 3. The predicted octanol–water partition coefficient (Wildman–Crippen LogP) is 4.30. The first-order chi connectivity index (χ1) is 11.5. The molecule has 0 aliphatic heterocycles. The van der Waals surface area contributed by atoms with Gasteiger partial charge in [0.1, 0.15) is 0 Å². The molecule has 4 unspecified atom stereocenters. The molecule has 0 aromatic heterocycles. The summed E-state index contributed by atoms with van der Waals surface area (Å²) in [6.45, 7) is 2.18. The molecule has 1 fully saturated rings. The molecule has 0 aromatic rings. The number of hydrogen-bond acceptors (Lipinski definition) is 3. The summed E-state index contributed by atoms with van der Waals surface area (Å²) in [5, 5.41) is 28.9. The summed E-state index contributed by atoms with van der Waals surface area (Å²) < 4.78 is 0. The topological polar surface area (TPSA) is 77.8 Å². The Bertz CT molecular complexity index is 367. The van der Waals surface area contributed by atoms with Gasteiger partial charge in [0.2, 0.25) is 0 Å². The van der Waals surface area contributed by atoms with Gasteiger partial charge in [-0.3, -0.25) is 4.79 Å². The van der Waals surface area contributed by atoms with Crippen LogP contribution in [0.1, 0.15) is 84.0 Å². The molecular weight excluding hydrogens is 304 g/mol. The third-order valence-corrected chi connectivity index (χ3v) is 5.20. The Morgan fingerprint density at radius 3 is 2.58 bits per heavy atom. The van der Waals surface area contributed by atoms with Crippen LogP contribution in [-0.2, 0) is 4.79 Å². The average Bonchev–Trinajstić information content (AvgIpc) is 2.89. The molecule has 1 aliphatic carbocycles. The summed E-state index contributed by atoms with van der Waals surface area (Å²) in [5.41, 5.74) is 0. The standard InChI is InChI=1S/C20H36O4/c1-2-3-4-6-9-17(21)14-12-16-13-15-19(22)18(16)10-7-5-8-11-20(23)24/h12,14,16-19,21-22H,2-11,13,15H2,1H3,(H,23,24). The van der Waals surface area contributed by atoms with E-state index in [0.717, 1.165) is 51.4 Å². The first-order valence-corrected chi connectivity index (χ1v) is 9.80. The van der Waals surface area contributed by atoms with Crippen LogP contribution >= 0.6 is 0 Å². The highest BCUT2D eigenvalue weighted by Crippen LogP contribution is 2.36. The highest BCUT2D eigenvalue weighted by atomic mass is 16.4. The molecule has 0 radical (unpaired) electrons. The number of aliphatic hydroxyl groups is 2. The Hall–Kier alpha value is -0.870. The fraction of sp³-hybridized carbons (Fsp3) is 0.850. The molecule has 0 saturated heterocycles. The maximum absolute atomic E-state index is 10.5. The summed E-state index contributed by atoms with van der Waals surface area (Å²) in [6, 6.07) is 0. The van der Waals surface area contributed by atoms with Crippen molar-refractivity contribution in [1.29, 1.82) is 0 Å². The highest BCUT2D eigenvalue weighted by molar-refractivity contribution is 5.66. The van der Waals surface area contributed by atoms with E-state index in [4.69, 9.17) is 5.11 Å². The average molecular weight is 341 g/mol. The van der Waals surface area contributed by atoms with Crippen LogP contribution in [0.15, 0.2) is 12.2 Å². The minimum atomic E-state index is -0.732. The van der Waals surface area contributed by atoms with Crippen molar-refractivity contribution in [3.8, 4) is 0 Å². The second kappa shape index (κ2) is 12.5. The number of aliphatic carboxylic acids is 1. The summed E-state index contributed by atoms with van der Waals surface area (Å²) >= 11 is 0. The van der Waals surface area contributed by atoms with Gasteiger partial charge >= 0.3 is 5.97 Å². The predicted molar refractivity (Wildman–Crippen MR) is 96.8 cm³/mol. The number of rotatable bonds is 13. The fourth-order valence-corrected chi connectivity index (χ4v) is 3.70. The number of carbonyl (C=O) groups is 1. The molecule has 4 heteroatoms. The van der Waals surface area contributed by atoms with Crippen molar-refractivity contribution in [3.63, 3.8) is 0 Å². The van der Waals surface area contributed by atoms with Crippen molar-refractivity contribution in [2.45, 2.75) is 96.2 Å². The van der Waals surface area contributed by atoms with E-state index in [0.29, 0.717) is 5.92 Å². The normalized spacial score (nSPS) is 25.4. The smallest absolute Gasteiger partial charge is 0.303 e. The van der Waals surface area contributed by atoms with Crippen LogP contribution in [0.5, 0.6) is 0 Å². The van der Waals surface area contributed by atoms with Gasteiger partial charge in [-0.2, -0.15) is 0 Å². The van der Waals surface area contributed by atoms with E-state index in [2.05, 4.69) is 13.0 Å². The van der Waals surface area contributed by atoms with Crippen molar-refractivity contribution < 1.29 is 20.1 Å². The Labute approximate surface area is 147 Å². The SMILES string of the molecule is CCCCCCC(O)C=CC1CCC(O)C1CCCCCC(=O)O. The summed E-state index contributed by atoms with van der Waals surface area (Å²) in [4.78, 5) is 10.5. The van der Waals surface area contributed by atoms with Crippen molar-refractivity contribution in [3.05, 3.63) is 12.2 Å². The minimum Gasteiger partial charge on any atom is -0.481 e. The lowest BCUT2D eigenvalue weighted by atomic mass is 9.88. The van der Waals surface area contributed by atoms with Crippen LogP contribution in [0.2, 0.25) is 0 Å². The highest BCUT2D eigenvalue weighted by Gasteiger charge is 2.32. The molecule has 3 N–H and O–H groups in total. The van der Waals surface area contributed by atoms with Crippen LogP contribution < -0.4 is 0 Å². The zero-order valence-corrected chi connectivity index (χ0v) is 15.2. The van der Waals surface area contributed by atoms with Crippen molar-refractivity contribution >= 4 is 5.97 Å². The number of allylic oxidation sites excluding steroid dienone is 1. The van der Waals surface area contributed by atoms with Crippen LogP contribution in [0, 0.1) is 11.8 Å². The molecule has 4 atom stereocenters. The molecule has 1 rings (SSSR count). The first-order valence-electron chi connectivity index (χ1n) is 9.80. The second-order valence-electron chi connectivity index (χ2n) is 7.27. The van der Waals surface area contributed by atoms with Gasteiger partial charge in [-0.25, -0.2) is 0 Å². The van der Waals surface area contributed by atoms with Gasteiger partial charge in [0, 0.05) is 6.42 Å². The number of unbranched alkanes of at least 4 members (excludes halogenated alkanes) is 5. The van der Waals surface area contributed by atoms with Gasteiger partial charge < -0.3 is 15.3 Å². The Kier molecular flexibility index (Phi) is 11.0. The lowest BCUT2D eigenvalue weighted by molar-refractivity contribution is -0.137. The van der Waals surface area contributed by atoms with Crippen LogP contribution in [-0.4, -0.2) is 33.5 Å². The molecule has 0 bridgehead atoms. The Morgan fingerprint density at radius 1 is 1.12 bits per heavy atom. The largest absolute Gasteiger partial charge is 0.481 e. The Balaban J connectivity index is 2.28. The molecule has 0 heterocycles. The minimum absolute atomic E-state index is 0.237. The van der Waals surface area contributed by atoms with E-state index in [1.165, 1.54) is 19.3 Å². The number of aliphatic hydroxyl groups excluding tert-OH is 2. The summed E-state index contributed by atoms with van der Waals surface area (Å²) in [7, 11) is 0. The van der Waals surface area contributed by atoms with Gasteiger partial charge in [0.05, 0.1) is 12.2 Å². The second-order valence-corrected chi connectivity index (χ2v) is 7.27. The fourth-order valence-electron chi connectivity index (χ4n) is 3.70. The van der Waals surface area contributed by atoms with Gasteiger partial charge in [0.15, 0.2) is 0 Å². The van der Waals surface area contributed by atoms with Crippen molar-refractivity contribution in [1.82, 2.24) is 0 Å². The number of carboxylic acids is 1. The van der Waals surface area contributed by atoms with E-state index in [-0.39, 0.29) is 24.5 Å². The molecule has 4 nitrogen and oxygen atoms in total. The van der Waals surface area contributed by atoms with E-state index in [1.54, 1.807) is 0 Å². The first kappa shape index (κ1) is 21.2. The maximum atomic E-state index is 10.5. The molecule has 0 spiro atoms. The summed E-state index contributed by atoms with van der Waals surface area (Å²) in [6.07, 6.45) is 14.5. The molecule has 24 heavy (non-hydrogen) atoms. The molecule has 1 aliphatic rings. The zero-order valence-electron chi connectivity index (χ0n) is 15.2. The maximum Gasteiger partial charge on any atom is 0.303 e. The van der Waals surface area contributed by atoms with Crippen molar-refractivity contribution in [2.24, 2.45) is 11.8 Å². The van der Waals surface area contributed by atoms with E-state index < -0.39 is 5.97 Å². The molecule has 1 saturated carbocycles. The molecule has 0 aromatic carbocycles. The lowest BCUT2D eigenvalue weighted by Crippen LogP contribution is -2.18. The van der Waals surface area contributed by atoms with Gasteiger partial charge in [-0.15, -0.1) is 0 Å². The van der Waals surface area contributed by atoms with Crippen molar-refractivity contribution in [2.75, 3.05) is 0 Å². The van der Waals surface area contributed by atoms with Gasteiger partial charge in [-0.1, -0.05) is 57.6 Å². The third-order valence-electron chi connectivity index (χ3n) is 5.20. The summed E-state index contributed by atoms with van der Waals surface area (Å²) in [5.74, 6) is -0.118. The van der Waals surface area contributed by atoms with Crippen LogP contribution in [0.3, 0.4) is 0 Å². The molecular formula is C20H36O4. The molecule has 0 amide bonds. The Morgan fingerprint density at radius 2 is 1.88 bits per heavy atom. The van der Waals surface area contributed by atoms with Gasteiger partial charge in [0.25, 0.3) is 0 Å². The van der Waals surface area contributed by atoms with E-state index in [9.17, 15) is 15.0 Å². The van der Waals surface area contributed by atoms with E-state index >= 15 is 0 Å². The zero-order chi connectivity index (χ0) is 17.8. The lowest BCUT2D eigenvalue weighted by Gasteiger charge is -2.20. The van der Waals surface area contributed by atoms with E-state index in [1.807, 2.05) is 6.08 Å².